The number of likely N-dealkylation sites (N-methyl/N-ethyl adjacent to an activating group) is 1. The van der Waals surface area contributed by atoms with Crippen LogP contribution < -0.4 is 15.4 Å². The number of aliphatic hydroxyl groups is 1. The van der Waals surface area contributed by atoms with Gasteiger partial charge in [0.2, 0.25) is 5.91 Å². The van der Waals surface area contributed by atoms with Crippen LogP contribution in [0.4, 0.5) is 0 Å². The number of carbonyl (C=O) groups excluding carboxylic acids is 2. The lowest BCUT2D eigenvalue weighted by Gasteiger charge is -2.23. The van der Waals surface area contributed by atoms with Crippen LogP contribution in [0.2, 0.25) is 0 Å². The summed E-state index contributed by atoms with van der Waals surface area (Å²) < 4.78 is 5.75. The van der Waals surface area contributed by atoms with Gasteiger partial charge in [-0.2, -0.15) is 0 Å². The van der Waals surface area contributed by atoms with Crippen molar-refractivity contribution in [3.05, 3.63) is 102 Å². The van der Waals surface area contributed by atoms with Crippen molar-refractivity contribution in [3.63, 3.8) is 0 Å². The zero-order valence-corrected chi connectivity index (χ0v) is 20.9. The van der Waals surface area contributed by atoms with E-state index in [0.717, 1.165) is 23.4 Å². The Labute approximate surface area is 213 Å². The average molecular weight is 490 g/mol. The molecule has 2 amide bonds. The molecular formula is C29H35N3O4. The molecule has 7 nitrogen and oxygen atoms in total. The monoisotopic (exact) mass is 489 g/mol. The minimum absolute atomic E-state index is 0.209. The van der Waals surface area contributed by atoms with Gasteiger partial charge in [0, 0.05) is 18.5 Å². The van der Waals surface area contributed by atoms with Gasteiger partial charge >= 0.3 is 0 Å². The number of benzene rings is 3. The van der Waals surface area contributed by atoms with Gasteiger partial charge in [-0.25, -0.2) is 0 Å². The highest BCUT2D eigenvalue weighted by molar-refractivity contribution is 5.97. The molecule has 0 aliphatic carbocycles. The zero-order chi connectivity index (χ0) is 25.8. The quantitative estimate of drug-likeness (QED) is 0.344. The molecule has 0 saturated heterocycles. The van der Waals surface area contributed by atoms with E-state index in [4.69, 9.17) is 4.74 Å². The SMILES string of the molecule is CN(C)CCOc1ccc(CC(NC(=O)c2ccccc2)C(=O)NC(CO)Cc2ccccc2)cc1. The van der Waals surface area contributed by atoms with Crippen molar-refractivity contribution in [2.24, 2.45) is 0 Å². The highest BCUT2D eigenvalue weighted by atomic mass is 16.5. The van der Waals surface area contributed by atoms with Gasteiger partial charge in [-0.3, -0.25) is 9.59 Å². The molecule has 0 heterocycles. The van der Waals surface area contributed by atoms with E-state index in [9.17, 15) is 14.7 Å². The van der Waals surface area contributed by atoms with Gasteiger partial charge in [-0.1, -0.05) is 60.7 Å². The smallest absolute Gasteiger partial charge is 0.251 e. The third kappa shape index (κ3) is 8.83. The third-order valence-electron chi connectivity index (χ3n) is 5.72. The van der Waals surface area contributed by atoms with Crippen LogP contribution in [0.3, 0.4) is 0 Å². The summed E-state index contributed by atoms with van der Waals surface area (Å²) in [7, 11) is 3.98. The first-order valence-electron chi connectivity index (χ1n) is 12.1. The number of amides is 2. The first-order chi connectivity index (χ1) is 17.4. The summed E-state index contributed by atoms with van der Waals surface area (Å²) in [6.07, 6.45) is 0.785. The summed E-state index contributed by atoms with van der Waals surface area (Å²) in [6.45, 7) is 1.18. The maximum atomic E-state index is 13.3. The van der Waals surface area contributed by atoms with E-state index >= 15 is 0 Å². The van der Waals surface area contributed by atoms with Crippen LogP contribution >= 0.6 is 0 Å². The number of nitrogens with zero attached hydrogens (tertiary/aromatic N) is 1. The fourth-order valence-corrected chi connectivity index (χ4v) is 3.71. The maximum absolute atomic E-state index is 13.3. The first kappa shape index (κ1) is 26.9. The van der Waals surface area contributed by atoms with Crippen LogP contribution in [-0.4, -0.2) is 67.8 Å². The highest BCUT2D eigenvalue weighted by Gasteiger charge is 2.24. The Hall–Kier alpha value is -3.68. The number of carbonyl (C=O) groups is 2. The zero-order valence-electron chi connectivity index (χ0n) is 20.9. The molecule has 0 radical (unpaired) electrons. The van der Waals surface area contributed by atoms with Gasteiger partial charge in [0.05, 0.1) is 12.6 Å². The van der Waals surface area contributed by atoms with Crippen LogP contribution in [-0.2, 0) is 17.6 Å². The second-order valence-corrected chi connectivity index (χ2v) is 8.97. The number of rotatable bonds is 13. The van der Waals surface area contributed by atoms with Gasteiger partial charge in [-0.05, 0) is 55.9 Å². The molecule has 0 aromatic heterocycles. The lowest BCUT2D eigenvalue weighted by molar-refractivity contribution is -0.124. The number of hydrogen-bond acceptors (Lipinski definition) is 5. The van der Waals surface area contributed by atoms with Gasteiger partial charge in [-0.15, -0.1) is 0 Å². The molecule has 0 aliphatic rings. The molecule has 7 heteroatoms. The summed E-state index contributed by atoms with van der Waals surface area (Å²) in [5, 5.41) is 15.7. The molecule has 0 saturated carbocycles. The molecule has 190 valence electrons. The minimum Gasteiger partial charge on any atom is -0.492 e. The van der Waals surface area contributed by atoms with Crippen LogP contribution in [0.15, 0.2) is 84.9 Å². The Balaban J connectivity index is 1.70. The lowest BCUT2D eigenvalue weighted by Crippen LogP contribution is -2.52. The number of hydrogen-bond donors (Lipinski definition) is 3. The molecule has 2 unspecified atom stereocenters. The number of nitrogens with one attached hydrogen (secondary N) is 2. The minimum atomic E-state index is -0.817. The summed E-state index contributed by atoms with van der Waals surface area (Å²) in [6, 6.07) is 24.7. The first-order valence-corrected chi connectivity index (χ1v) is 12.1. The maximum Gasteiger partial charge on any atom is 0.251 e. The standard InChI is InChI=1S/C29H35N3O4/c1-32(2)17-18-36-26-15-13-23(14-16-26)20-27(31-28(34)24-11-7-4-8-12-24)29(35)30-25(21-33)19-22-9-5-3-6-10-22/h3-16,25,27,33H,17-21H2,1-2H3,(H,30,35)(H,31,34). The van der Waals surface area contributed by atoms with E-state index in [0.29, 0.717) is 25.0 Å². The second kappa shape index (κ2) is 14.0. The van der Waals surface area contributed by atoms with Crippen LogP contribution in [0.5, 0.6) is 5.75 Å². The predicted octanol–water partition coefficient (Wildman–Crippen LogP) is 2.69. The Kier molecular flexibility index (Phi) is 10.5. The van der Waals surface area contributed by atoms with Crippen molar-refractivity contribution in [3.8, 4) is 5.75 Å². The molecule has 3 aromatic carbocycles. The lowest BCUT2D eigenvalue weighted by atomic mass is 10.0. The van der Waals surface area contributed by atoms with E-state index in [-0.39, 0.29) is 18.4 Å². The largest absolute Gasteiger partial charge is 0.492 e. The van der Waals surface area contributed by atoms with Crippen molar-refractivity contribution in [2.45, 2.75) is 24.9 Å². The van der Waals surface area contributed by atoms with E-state index in [1.807, 2.05) is 79.7 Å². The molecular weight excluding hydrogens is 454 g/mol. The topological polar surface area (TPSA) is 90.9 Å². The Bertz CT molecular complexity index is 1070. The summed E-state index contributed by atoms with van der Waals surface area (Å²) in [5.74, 6) is 0.0710. The molecule has 0 aliphatic heterocycles. The summed E-state index contributed by atoms with van der Waals surface area (Å²) in [4.78, 5) is 28.2. The molecule has 0 spiro atoms. The van der Waals surface area contributed by atoms with Gasteiger partial charge in [0.15, 0.2) is 0 Å². The molecule has 3 aromatic rings. The molecule has 36 heavy (non-hydrogen) atoms. The molecule has 2 atom stereocenters. The van der Waals surface area contributed by atoms with Crippen molar-refractivity contribution in [1.82, 2.24) is 15.5 Å². The van der Waals surface area contributed by atoms with Gasteiger partial charge in [0.1, 0.15) is 18.4 Å². The molecule has 3 rings (SSSR count). The third-order valence-corrected chi connectivity index (χ3v) is 5.72. The van der Waals surface area contributed by atoms with Crippen molar-refractivity contribution >= 4 is 11.8 Å². The fraction of sp³-hybridized carbons (Fsp3) is 0.310. The highest BCUT2D eigenvalue weighted by Crippen LogP contribution is 2.14. The van der Waals surface area contributed by atoms with E-state index in [2.05, 4.69) is 10.6 Å². The van der Waals surface area contributed by atoms with Crippen molar-refractivity contribution in [1.29, 1.82) is 0 Å². The van der Waals surface area contributed by atoms with Crippen molar-refractivity contribution < 1.29 is 19.4 Å². The molecule has 0 fully saturated rings. The van der Waals surface area contributed by atoms with Gasteiger partial charge < -0.3 is 25.4 Å². The molecule has 3 N–H and O–H groups in total. The normalized spacial score (nSPS) is 12.6. The number of ether oxygens (including phenoxy) is 1. The molecule has 0 bridgehead atoms. The second-order valence-electron chi connectivity index (χ2n) is 8.97. The van der Waals surface area contributed by atoms with Crippen molar-refractivity contribution in [2.75, 3.05) is 33.9 Å². The van der Waals surface area contributed by atoms with Gasteiger partial charge in [0.25, 0.3) is 5.91 Å². The van der Waals surface area contributed by atoms with E-state index < -0.39 is 12.1 Å². The number of aliphatic hydroxyl groups excluding tert-OH is 1. The fourth-order valence-electron chi connectivity index (χ4n) is 3.71. The Morgan fingerprint density at radius 3 is 2.06 bits per heavy atom. The average Bonchev–Trinajstić information content (AvgIpc) is 2.89. The predicted molar refractivity (Wildman–Crippen MR) is 141 cm³/mol. The van der Waals surface area contributed by atoms with Crippen LogP contribution in [0.1, 0.15) is 21.5 Å². The van der Waals surface area contributed by atoms with E-state index in [1.54, 1.807) is 24.3 Å². The van der Waals surface area contributed by atoms with E-state index in [1.165, 1.54) is 0 Å². The van der Waals surface area contributed by atoms with Crippen LogP contribution in [0.25, 0.3) is 0 Å². The Morgan fingerprint density at radius 2 is 1.44 bits per heavy atom. The summed E-state index contributed by atoms with van der Waals surface area (Å²) in [5.41, 5.74) is 2.36. The van der Waals surface area contributed by atoms with Crippen LogP contribution in [0, 0.1) is 0 Å². The Morgan fingerprint density at radius 1 is 0.833 bits per heavy atom. The summed E-state index contributed by atoms with van der Waals surface area (Å²) >= 11 is 0.